The van der Waals surface area contributed by atoms with E-state index in [1.54, 1.807) is 0 Å². The molecule has 28 heavy (non-hydrogen) atoms. The second-order valence-corrected chi connectivity index (χ2v) is 8.28. The van der Waals surface area contributed by atoms with Crippen LogP contribution in [0.4, 0.5) is 0 Å². The summed E-state index contributed by atoms with van der Waals surface area (Å²) in [6.07, 6.45) is 1.13. The summed E-state index contributed by atoms with van der Waals surface area (Å²) < 4.78 is 28.8. The number of amides is 1. The molecule has 0 aliphatic carbocycles. The van der Waals surface area contributed by atoms with Crippen molar-refractivity contribution in [2.45, 2.75) is 4.90 Å². The molecular weight excluding hydrogens is 374 g/mol. The second-order valence-electron chi connectivity index (χ2n) is 6.26. The number of sulfone groups is 1. The van der Waals surface area contributed by atoms with Gasteiger partial charge in [0.2, 0.25) is 0 Å². The summed E-state index contributed by atoms with van der Waals surface area (Å²) in [5.41, 5.74) is 2.45. The lowest BCUT2D eigenvalue weighted by Gasteiger charge is -2.12. The maximum Gasteiger partial charge on any atom is 0.251 e. The first kappa shape index (κ1) is 19.6. The van der Waals surface area contributed by atoms with E-state index in [-0.39, 0.29) is 10.8 Å². The highest BCUT2D eigenvalue weighted by molar-refractivity contribution is 7.90. The molecule has 0 saturated carbocycles. The van der Waals surface area contributed by atoms with Crippen LogP contribution >= 0.6 is 0 Å². The molecule has 144 valence electrons. The highest BCUT2D eigenvalue weighted by atomic mass is 32.2. The van der Waals surface area contributed by atoms with E-state index in [4.69, 9.17) is 4.74 Å². The van der Waals surface area contributed by atoms with Crippen molar-refractivity contribution in [2.24, 2.45) is 0 Å². The molecule has 0 fully saturated rings. The van der Waals surface area contributed by atoms with E-state index < -0.39 is 9.84 Å². The Morgan fingerprint density at radius 2 is 1.54 bits per heavy atom. The van der Waals surface area contributed by atoms with Crippen LogP contribution in [0.15, 0.2) is 83.8 Å². The van der Waals surface area contributed by atoms with Crippen molar-refractivity contribution >= 4 is 15.7 Å². The van der Waals surface area contributed by atoms with Gasteiger partial charge in [0.05, 0.1) is 11.4 Å². The first-order valence-corrected chi connectivity index (χ1v) is 10.7. The van der Waals surface area contributed by atoms with Crippen LogP contribution in [0.5, 0.6) is 5.75 Å². The Kier molecular flexibility index (Phi) is 6.11. The fourth-order valence-corrected chi connectivity index (χ4v) is 3.36. The van der Waals surface area contributed by atoms with Gasteiger partial charge in [-0.3, -0.25) is 4.79 Å². The van der Waals surface area contributed by atoms with E-state index in [9.17, 15) is 13.2 Å². The second kappa shape index (κ2) is 8.71. The maximum absolute atomic E-state index is 12.2. The Bertz CT molecular complexity index is 1050. The monoisotopic (exact) mass is 395 g/mol. The van der Waals surface area contributed by atoms with Crippen molar-refractivity contribution in [3.05, 3.63) is 84.4 Å². The standard InChI is InChI=1S/C22H21NO4S/c1-28(25,26)19-13-11-18(12-14-19)22(24)23-15-16-27-21-10-6-5-9-20(21)17-7-3-2-4-8-17/h2-14H,15-16H2,1H3,(H,23,24). The zero-order valence-corrected chi connectivity index (χ0v) is 16.3. The average molecular weight is 395 g/mol. The minimum Gasteiger partial charge on any atom is -0.491 e. The number of ether oxygens (including phenoxy) is 1. The molecule has 0 atom stereocenters. The summed E-state index contributed by atoms with van der Waals surface area (Å²) >= 11 is 0. The smallest absolute Gasteiger partial charge is 0.251 e. The largest absolute Gasteiger partial charge is 0.491 e. The van der Waals surface area contributed by atoms with Crippen LogP contribution in [0.3, 0.4) is 0 Å². The number of nitrogens with one attached hydrogen (secondary N) is 1. The molecule has 3 aromatic rings. The van der Waals surface area contributed by atoms with Crippen molar-refractivity contribution in [3.63, 3.8) is 0 Å². The molecule has 0 unspecified atom stereocenters. The average Bonchev–Trinajstić information content (AvgIpc) is 2.71. The molecular formula is C22H21NO4S. The quantitative estimate of drug-likeness (QED) is 0.621. The van der Waals surface area contributed by atoms with E-state index in [1.807, 2.05) is 54.6 Å². The zero-order chi connectivity index (χ0) is 20.0. The Morgan fingerprint density at radius 1 is 0.893 bits per heavy atom. The topological polar surface area (TPSA) is 72.5 Å². The van der Waals surface area contributed by atoms with E-state index in [2.05, 4.69) is 5.32 Å². The molecule has 0 spiro atoms. The highest BCUT2D eigenvalue weighted by Gasteiger charge is 2.10. The Hall–Kier alpha value is -3.12. The minimum absolute atomic E-state index is 0.185. The van der Waals surface area contributed by atoms with Crippen LogP contribution in [-0.4, -0.2) is 33.7 Å². The molecule has 3 rings (SSSR count). The third kappa shape index (κ3) is 4.98. The normalized spacial score (nSPS) is 11.0. The molecule has 0 bridgehead atoms. The molecule has 1 amide bonds. The van der Waals surface area contributed by atoms with Crippen molar-refractivity contribution < 1.29 is 17.9 Å². The lowest BCUT2D eigenvalue weighted by atomic mass is 10.1. The summed E-state index contributed by atoms with van der Waals surface area (Å²) in [6, 6.07) is 23.5. The van der Waals surface area contributed by atoms with Gasteiger partial charge in [-0.05, 0) is 35.9 Å². The molecule has 0 aromatic heterocycles. The maximum atomic E-state index is 12.2. The lowest BCUT2D eigenvalue weighted by Crippen LogP contribution is -2.28. The molecule has 0 saturated heterocycles. The number of benzene rings is 3. The van der Waals surface area contributed by atoms with Crippen LogP contribution in [0, 0.1) is 0 Å². The number of para-hydroxylation sites is 1. The number of carbonyl (C=O) groups excluding carboxylic acids is 1. The van der Waals surface area contributed by atoms with Crippen LogP contribution in [0.1, 0.15) is 10.4 Å². The summed E-state index contributed by atoms with van der Waals surface area (Å²) in [5, 5.41) is 2.77. The Labute approximate surface area is 164 Å². The predicted molar refractivity (Wildman–Crippen MR) is 109 cm³/mol. The van der Waals surface area contributed by atoms with Gasteiger partial charge in [-0.15, -0.1) is 0 Å². The van der Waals surface area contributed by atoms with Crippen molar-refractivity contribution in [3.8, 4) is 16.9 Å². The van der Waals surface area contributed by atoms with Crippen molar-refractivity contribution in [1.29, 1.82) is 0 Å². The summed E-state index contributed by atoms with van der Waals surface area (Å²) in [7, 11) is -3.28. The van der Waals surface area contributed by atoms with E-state index >= 15 is 0 Å². The number of carbonyl (C=O) groups is 1. The highest BCUT2D eigenvalue weighted by Crippen LogP contribution is 2.29. The van der Waals surface area contributed by atoms with Crippen molar-refractivity contribution in [1.82, 2.24) is 5.32 Å². The van der Waals surface area contributed by atoms with Crippen LogP contribution in [0.25, 0.3) is 11.1 Å². The summed E-state index contributed by atoms with van der Waals surface area (Å²) in [5.74, 6) is 0.473. The van der Waals surface area contributed by atoms with Gasteiger partial charge in [0.1, 0.15) is 12.4 Å². The van der Waals surface area contributed by atoms with Gasteiger partial charge in [-0.2, -0.15) is 0 Å². The third-order valence-corrected chi connectivity index (χ3v) is 5.29. The number of hydrogen-bond acceptors (Lipinski definition) is 4. The summed E-state index contributed by atoms with van der Waals surface area (Å²) in [4.78, 5) is 12.4. The van der Waals surface area contributed by atoms with Crippen molar-refractivity contribution in [2.75, 3.05) is 19.4 Å². The summed E-state index contributed by atoms with van der Waals surface area (Å²) in [6.45, 7) is 0.646. The molecule has 5 nitrogen and oxygen atoms in total. The van der Waals surface area contributed by atoms with E-state index in [0.29, 0.717) is 18.7 Å². The van der Waals surface area contributed by atoms with Gasteiger partial charge < -0.3 is 10.1 Å². The van der Waals surface area contributed by atoms with Gasteiger partial charge in [-0.25, -0.2) is 8.42 Å². The number of rotatable bonds is 7. The third-order valence-electron chi connectivity index (χ3n) is 4.16. The molecule has 1 N–H and O–H groups in total. The Morgan fingerprint density at radius 3 is 2.21 bits per heavy atom. The predicted octanol–water partition coefficient (Wildman–Crippen LogP) is 3.57. The molecule has 0 aliphatic rings. The molecule has 0 aliphatic heterocycles. The fourth-order valence-electron chi connectivity index (χ4n) is 2.73. The fraction of sp³-hybridized carbons (Fsp3) is 0.136. The van der Waals surface area contributed by atoms with Crippen LogP contribution < -0.4 is 10.1 Å². The first-order valence-electron chi connectivity index (χ1n) is 8.81. The van der Waals surface area contributed by atoms with Gasteiger partial charge >= 0.3 is 0 Å². The van der Waals surface area contributed by atoms with Gasteiger partial charge in [0, 0.05) is 17.4 Å². The molecule has 0 radical (unpaired) electrons. The minimum atomic E-state index is -3.28. The van der Waals surface area contributed by atoms with E-state index in [1.165, 1.54) is 24.3 Å². The van der Waals surface area contributed by atoms with Crippen LogP contribution in [0.2, 0.25) is 0 Å². The zero-order valence-electron chi connectivity index (χ0n) is 15.5. The lowest BCUT2D eigenvalue weighted by molar-refractivity contribution is 0.0947. The first-order chi connectivity index (χ1) is 13.4. The molecule has 6 heteroatoms. The SMILES string of the molecule is CS(=O)(=O)c1ccc(C(=O)NCCOc2ccccc2-c2ccccc2)cc1. The van der Waals surface area contributed by atoms with Gasteiger partial charge in [0.25, 0.3) is 5.91 Å². The van der Waals surface area contributed by atoms with Crippen LogP contribution in [-0.2, 0) is 9.84 Å². The van der Waals surface area contributed by atoms with Gasteiger partial charge in [0.15, 0.2) is 9.84 Å². The molecule has 0 heterocycles. The Balaban J connectivity index is 1.56. The van der Waals surface area contributed by atoms with Gasteiger partial charge in [-0.1, -0.05) is 48.5 Å². The molecule has 3 aromatic carbocycles. The van der Waals surface area contributed by atoms with E-state index in [0.717, 1.165) is 23.1 Å². The number of hydrogen-bond donors (Lipinski definition) is 1.